The van der Waals surface area contributed by atoms with E-state index in [1.165, 1.54) is 6.08 Å². The maximum Gasteiger partial charge on any atom is 0.340 e. The number of carbonyl (C=O) groups is 2. The van der Waals surface area contributed by atoms with Gasteiger partial charge in [-0.1, -0.05) is 47.7 Å². The molecule has 0 aliphatic heterocycles. The van der Waals surface area contributed by atoms with Crippen LogP contribution in [0.3, 0.4) is 0 Å². The third kappa shape index (κ3) is 5.14. The highest BCUT2D eigenvalue weighted by atomic mass is 16.5. The van der Waals surface area contributed by atoms with Crippen molar-refractivity contribution in [2.45, 2.75) is 13.5 Å². The fourth-order valence-electron chi connectivity index (χ4n) is 2.55. The van der Waals surface area contributed by atoms with Gasteiger partial charge in [-0.05, 0) is 30.7 Å². The minimum atomic E-state index is -0.480. The summed E-state index contributed by atoms with van der Waals surface area (Å²) in [6, 6.07) is 16.6. The number of rotatable bonds is 7. The minimum absolute atomic E-state index is 0.264. The van der Waals surface area contributed by atoms with Crippen LogP contribution in [-0.2, 0) is 16.1 Å². The molecule has 1 heterocycles. The standard InChI is InChI=1S/C21H20N4O3/c1-2-28-21(27)18-10-6-7-11-19(18)22-20(26)13-12-17-15-25(24-23-17)14-16-8-4-3-5-9-16/h3-13,15H,2,14H2,1H3,(H,22,26). The highest BCUT2D eigenvalue weighted by Gasteiger charge is 2.12. The second-order valence-corrected chi connectivity index (χ2v) is 5.92. The predicted molar refractivity (Wildman–Crippen MR) is 106 cm³/mol. The third-order valence-corrected chi connectivity index (χ3v) is 3.83. The van der Waals surface area contributed by atoms with Crippen molar-refractivity contribution in [3.05, 3.63) is 83.7 Å². The van der Waals surface area contributed by atoms with E-state index in [9.17, 15) is 9.59 Å². The van der Waals surface area contributed by atoms with Crippen molar-refractivity contribution in [2.24, 2.45) is 0 Å². The molecule has 0 bridgehead atoms. The van der Waals surface area contributed by atoms with Crippen molar-refractivity contribution in [1.82, 2.24) is 15.0 Å². The van der Waals surface area contributed by atoms with E-state index in [0.717, 1.165) is 5.56 Å². The normalized spacial score (nSPS) is 10.8. The van der Waals surface area contributed by atoms with Gasteiger partial charge in [0, 0.05) is 6.08 Å². The largest absolute Gasteiger partial charge is 0.462 e. The number of amides is 1. The molecule has 3 rings (SSSR count). The first-order chi connectivity index (χ1) is 13.7. The van der Waals surface area contributed by atoms with E-state index in [-0.39, 0.29) is 12.5 Å². The van der Waals surface area contributed by atoms with Gasteiger partial charge in [-0.15, -0.1) is 5.10 Å². The average Bonchev–Trinajstić information content (AvgIpc) is 3.15. The number of esters is 1. The average molecular weight is 376 g/mol. The molecule has 1 aromatic heterocycles. The van der Waals surface area contributed by atoms with Gasteiger partial charge in [0.25, 0.3) is 0 Å². The molecule has 0 saturated carbocycles. The molecule has 7 heteroatoms. The number of para-hydroxylation sites is 1. The van der Waals surface area contributed by atoms with E-state index in [0.29, 0.717) is 23.5 Å². The molecule has 28 heavy (non-hydrogen) atoms. The number of carbonyl (C=O) groups excluding carboxylic acids is 2. The van der Waals surface area contributed by atoms with Crippen molar-refractivity contribution in [1.29, 1.82) is 0 Å². The summed E-state index contributed by atoms with van der Waals surface area (Å²) in [5, 5.41) is 10.8. The molecule has 0 spiro atoms. The lowest BCUT2D eigenvalue weighted by molar-refractivity contribution is -0.111. The van der Waals surface area contributed by atoms with E-state index in [1.807, 2.05) is 30.3 Å². The Morgan fingerprint density at radius 1 is 1.11 bits per heavy atom. The lowest BCUT2D eigenvalue weighted by Gasteiger charge is -2.08. The van der Waals surface area contributed by atoms with Crippen LogP contribution in [0.1, 0.15) is 28.5 Å². The molecule has 1 amide bonds. The van der Waals surface area contributed by atoms with Crippen LogP contribution in [0.2, 0.25) is 0 Å². The molecule has 0 atom stereocenters. The van der Waals surface area contributed by atoms with Crippen LogP contribution in [0, 0.1) is 0 Å². The molecular formula is C21H20N4O3. The van der Waals surface area contributed by atoms with Crippen molar-refractivity contribution < 1.29 is 14.3 Å². The second kappa shape index (κ2) is 9.27. The van der Waals surface area contributed by atoms with Gasteiger partial charge >= 0.3 is 5.97 Å². The molecule has 0 unspecified atom stereocenters. The Morgan fingerprint density at radius 3 is 2.64 bits per heavy atom. The summed E-state index contributed by atoms with van der Waals surface area (Å²) < 4.78 is 6.70. The molecule has 142 valence electrons. The van der Waals surface area contributed by atoms with E-state index < -0.39 is 5.97 Å². The number of hydrogen-bond acceptors (Lipinski definition) is 5. The van der Waals surface area contributed by atoms with Crippen molar-refractivity contribution in [3.63, 3.8) is 0 Å². The Bertz CT molecular complexity index is 980. The zero-order chi connectivity index (χ0) is 19.8. The van der Waals surface area contributed by atoms with E-state index in [1.54, 1.807) is 48.1 Å². The minimum Gasteiger partial charge on any atom is -0.462 e. The van der Waals surface area contributed by atoms with Crippen molar-refractivity contribution in [3.8, 4) is 0 Å². The molecule has 7 nitrogen and oxygen atoms in total. The lowest BCUT2D eigenvalue weighted by atomic mass is 10.2. The summed E-state index contributed by atoms with van der Waals surface area (Å²) in [5.74, 6) is -0.861. The fraction of sp³-hybridized carbons (Fsp3) is 0.143. The van der Waals surface area contributed by atoms with Crippen LogP contribution in [-0.4, -0.2) is 33.5 Å². The van der Waals surface area contributed by atoms with Gasteiger partial charge < -0.3 is 10.1 Å². The number of nitrogens with one attached hydrogen (secondary N) is 1. The van der Waals surface area contributed by atoms with Gasteiger partial charge in [0.05, 0.1) is 30.6 Å². The van der Waals surface area contributed by atoms with Crippen LogP contribution >= 0.6 is 0 Å². The summed E-state index contributed by atoms with van der Waals surface area (Å²) in [6.07, 6.45) is 4.67. The van der Waals surface area contributed by atoms with Crippen molar-refractivity contribution in [2.75, 3.05) is 11.9 Å². The Labute approximate surface area is 162 Å². The molecule has 3 aromatic rings. The van der Waals surface area contributed by atoms with Crippen LogP contribution in [0.25, 0.3) is 6.08 Å². The number of anilines is 1. The van der Waals surface area contributed by atoms with Gasteiger partial charge in [-0.2, -0.15) is 0 Å². The molecule has 0 aliphatic carbocycles. The Hall–Kier alpha value is -3.74. The maximum absolute atomic E-state index is 12.2. The van der Waals surface area contributed by atoms with Gasteiger partial charge in [0.15, 0.2) is 0 Å². The molecule has 0 radical (unpaired) electrons. The number of benzene rings is 2. The topological polar surface area (TPSA) is 86.1 Å². The smallest absolute Gasteiger partial charge is 0.340 e. The summed E-state index contributed by atoms with van der Waals surface area (Å²) in [5.41, 5.74) is 2.37. The van der Waals surface area contributed by atoms with Crippen LogP contribution in [0.5, 0.6) is 0 Å². The Balaban J connectivity index is 1.63. The van der Waals surface area contributed by atoms with Crippen LogP contribution in [0.15, 0.2) is 66.9 Å². The summed E-state index contributed by atoms with van der Waals surface area (Å²) in [4.78, 5) is 24.2. The highest BCUT2D eigenvalue weighted by molar-refractivity contribution is 6.06. The highest BCUT2D eigenvalue weighted by Crippen LogP contribution is 2.16. The quantitative estimate of drug-likeness (QED) is 0.506. The van der Waals surface area contributed by atoms with E-state index in [4.69, 9.17) is 4.74 Å². The SMILES string of the molecule is CCOC(=O)c1ccccc1NC(=O)C=Cc1cn(Cc2ccccc2)nn1. The Morgan fingerprint density at radius 2 is 1.86 bits per heavy atom. The zero-order valence-electron chi connectivity index (χ0n) is 15.4. The van der Waals surface area contributed by atoms with Gasteiger partial charge in [0.2, 0.25) is 5.91 Å². The lowest BCUT2D eigenvalue weighted by Crippen LogP contribution is -2.13. The predicted octanol–water partition coefficient (Wildman–Crippen LogP) is 3.16. The van der Waals surface area contributed by atoms with Crippen molar-refractivity contribution >= 4 is 23.6 Å². The number of aromatic nitrogens is 3. The zero-order valence-corrected chi connectivity index (χ0v) is 15.4. The van der Waals surface area contributed by atoms with Crippen LogP contribution in [0.4, 0.5) is 5.69 Å². The van der Waals surface area contributed by atoms with E-state index in [2.05, 4.69) is 15.6 Å². The van der Waals surface area contributed by atoms with Gasteiger partial charge in [-0.25, -0.2) is 9.48 Å². The molecule has 1 N–H and O–H groups in total. The first kappa shape index (κ1) is 19.0. The summed E-state index contributed by atoms with van der Waals surface area (Å²) in [6.45, 7) is 2.59. The van der Waals surface area contributed by atoms with E-state index >= 15 is 0 Å². The second-order valence-electron chi connectivity index (χ2n) is 5.92. The first-order valence-electron chi connectivity index (χ1n) is 8.85. The number of nitrogens with zero attached hydrogens (tertiary/aromatic N) is 3. The molecular weight excluding hydrogens is 356 g/mol. The van der Waals surface area contributed by atoms with Gasteiger partial charge in [-0.3, -0.25) is 4.79 Å². The van der Waals surface area contributed by atoms with Crippen LogP contribution < -0.4 is 5.32 Å². The van der Waals surface area contributed by atoms with Gasteiger partial charge in [0.1, 0.15) is 5.69 Å². The summed E-state index contributed by atoms with van der Waals surface area (Å²) in [7, 11) is 0. The first-order valence-corrected chi connectivity index (χ1v) is 8.85. The number of ether oxygens (including phenoxy) is 1. The third-order valence-electron chi connectivity index (χ3n) is 3.83. The summed E-state index contributed by atoms with van der Waals surface area (Å²) >= 11 is 0. The molecule has 0 saturated heterocycles. The number of hydrogen-bond donors (Lipinski definition) is 1. The fourth-order valence-corrected chi connectivity index (χ4v) is 2.55. The molecule has 0 fully saturated rings. The maximum atomic E-state index is 12.2. The Kier molecular flexibility index (Phi) is 6.30. The molecule has 0 aliphatic rings. The monoisotopic (exact) mass is 376 g/mol. The molecule has 2 aromatic carbocycles.